The average Bonchev–Trinajstić information content (AvgIpc) is 2.96. The van der Waals surface area contributed by atoms with E-state index in [9.17, 15) is 4.79 Å². The molecule has 27 heavy (non-hydrogen) atoms. The molecule has 4 rings (SSSR count). The highest BCUT2D eigenvalue weighted by Gasteiger charge is 2.24. The Morgan fingerprint density at radius 2 is 1.85 bits per heavy atom. The van der Waals surface area contributed by atoms with Gasteiger partial charge in [-0.25, -0.2) is 4.98 Å². The summed E-state index contributed by atoms with van der Waals surface area (Å²) in [5.74, 6) is 0.101. The average molecular weight is 427 g/mol. The number of amides is 1. The fourth-order valence-electron chi connectivity index (χ4n) is 3.63. The Hall–Kier alpha value is -2.18. The summed E-state index contributed by atoms with van der Waals surface area (Å²) in [4.78, 5) is 21.8. The highest BCUT2D eigenvalue weighted by Crippen LogP contribution is 2.20. The van der Waals surface area contributed by atoms with Crippen LogP contribution < -0.4 is 0 Å². The Bertz CT molecular complexity index is 989. The van der Waals surface area contributed by atoms with E-state index in [1.165, 1.54) is 11.3 Å². The van der Waals surface area contributed by atoms with Crippen molar-refractivity contribution in [3.8, 4) is 0 Å². The van der Waals surface area contributed by atoms with Gasteiger partial charge < -0.3 is 9.30 Å². The van der Waals surface area contributed by atoms with Crippen LogP contribution in [0.25, 0.3) is 5.65 Å². The Morgan fingerprint density at radius 1 is 1.11 bits per heavy atom. The minimum atomic E-state index is 0.101. The number of hydrogen-bond donors (Lipinski definition) is 0. The molecule has 0 atom stereocenters. The minimum Gasteiger partial charge on any atom is -0.336 e. The van der Waals surface area contributed by atoms with Crippen molar-refractivity contribution in [2.75, 3.05) is 26.2 Å². The van der Waals surface area contributed by atoms with Gasteiger partial charge in [0.1, 0.15) is 5.65 Å². The van der Waals surface area contributed by atoms with Gasteiger partial charge in [-0.3, -0.25) is 9.69 Å². The van der Waals surface area contributed by atoms with Gasteiger partial charge in [-0.1, -0.05) is 12.1 Å². The maximum atomic E-state index is 12.8. The predicted molar refractivity (Wildman–Crippen MR) is 110 cm³/mol. The van der Waals surface area contributed by atoms with Gasteiger partial charge in [0.25, 0.3) is 5.91 Å². The molecule has 1 fully saturated rings. The van der Waals surface area contributed by atoms with E-state index in [0.29, 0.717) is 0 Å². The summed E-state index contributed by atoms with van der Waals surface area (Å²) < 4.78 is 3.04. The van der Waals surface area contributed by atoms with Crippen LogP contribution in [0.4, 0.5) is 0 Å². The lowest BCUT2D eigenvalue weighted by Gasteiger charge is -2.35. The van der Waals surface area contributed by atoms with E-state index in [1.54, 1.807) is 0 Å². The molecule has 0 unspecified atom stereocenters. The summed E-state index contributed by atoms with van der Waals surface area (Å²) in [6.07, 6.45) is 2.10. The summed E-state index contributed by atoms with van der Waals surface area (Å²) in [6, 6.07) is 11.9. The maximum absolute atomic E-state index is 12.8. The van der Waals surface area contributed by atoms with Crippen molar-refractivity contribution in [2.24, 2.45) is 0 Å². The number of imidazole rings is 1. The number of piperazine rings is 1. The SMILES string of the molecule is Cc1ccn2c(CN3CCN(C(=O)c4ccccc4Br)CC3)c(C)nc2c1. The Labute approximate surface area is 167 Å². The van der Waals surface area contributed by atoms with E-state index < -0.39 is 0 Å². The van der Waals surface area contributed by atoms with E-state index in [2.05, 4.69) is 57.4 Å². The lowest BCUT2D eigenvalue weighted by atomic mass is 10.2. The van der Waals surface area contributed by atoms with Crippen LogP contribution in [0.5, 0.6) is 0 Å². The van der Waals surface area contributed by atoms with Crippen molar-refractivity contribution >= 4 is 27.5 Å². The highest BCUT2D eigenvalue weighted by atomic mass is 79.9. The zero-order valence-electron chi connectivity index (χ0n) is 15.7. The van der Waals surface area contributed by atoms with Gasteiger partial charge >= 0.3 is 0 Å². The van der Waals surface area contributed by atoms with Crippen LogP contribution in [0, 0.1) is 13.8 Å². The molecule has 0 aliphatic carbocycles. The smallest absolute Gasteiger partial charge is 0.255 e. The molecule has 1 aromatic carbocycles. The first-order valence-corrected chi connectivity index (χ1v) is 10.0. The number of carbonyl (C=O) groups excluding carboxylic acids is 1. The molecule has 0 radical (unpaired) electrons. The Balaban J connectivity index is 1.44. The number of hydrogen-bond acceptors (Lipinski definition) is 3. The summed E-state index contributed by atoms with van der Waals surface area (Å²) >= 11 is 3.48. The summed E-state index contributed by atoms with van der Waals surface area (Å²) in [7, 11) is 0. The van der Waals surface area contributed by atoms with Crippen molar-refractivity contribution in [3.05, 3.63) is 69.6 Å². The van der Waals surface area contributed by atoms with E-state index >= 15 is 0 Å². The third-order valence-electron chi connectivity index (χ3n) is 5.22. The summed E-state index contributed by atoms with van der Waals surface area (Å²) in [5, 5.41) is 0. The lowest BCUT2D eigenvalue weighted by Crippen LogP contribution is -2.48. The van der Waals surface area contributed by atoms with Crippen LogP contribution >= 0.6 is 15.9 Å². The molecular weight excluding hydrogens is 404 g/mol. The molecule has 6 heteroatoms. The van der Waals surface area contributed by atoms with Gasteiger partial charge in [-0.05, 0) is 59.6 Å². The molecule has 1 aliphatic rings. The normalized spacial score (nSPS) is 15.4. The van der Waals surface area contributed by atoms with E-state index in [0.717, 1.165) is 54.1 Å². The molecule has 1 saturated heterocycles. The van der Waals surface area contributed by atoms with Crippen LogP contribution in [0.1, 0.15) is 27.3 Å². The van der Waals surface area contributed by atoms with E-state index in [4.69, 9.17) is 4.98 Å². The molecule has 1 aliphatic heterocycles. The van der Waals surface area contributed by atoms with Gasteiger partial charge in [0.05, 0.1) is 17.0 Å². The zero-order chi connectivity index (χ0) is 19.0. The third-order valence-corrected chi connectivity index (χ3v) is 5.91. The Morgan fingerprint density at radius 3 is 2.59 bits per heavy atom. The quantitative estimate of drug-likeness (QED) is 0.641. The second kappa shape index (κ2) is 7.44. The van der Waals surface area contributed by atoms with Crippen LogP contribution in [0.15, 0.2) is 47.1 Å². The van der Waals surface area contributed by atoms with Crippen molar-refractivity contribution < 1.29 is 4.79 Å². The molecule has 1 amide bonds. The van der Waals surface area contributed by atoms with Gasteiger partial charge in [-0.2, -0.15) is 0 Å². The first-order valence-electron chi connectivity index (χ1n) is 9.23. The molecule has 2 aromatic heterocycles. The molecule has 3 heterocycles. The predicted octanol–water partition coefficient (Wildman–Crippen LogP) is 3.67. The second-order valence-corrected chi connectivity index (χ2v) is 7.98. The molecule has 140 valence electrons. The standard InChI is InChI=1S/C21H23BrN4O/c1-15-7-8-26-19(16(2)23-20(26)13-15)14-24-9-11-25(12-10-24)21(27)17-5-3-4-6-18(17)22/h3-8,13H,9-12,14H2,1-2H3. The number of aromatic nitrogens is 2. The number of aryl methyl sites for hydroxylation is 2. The molecule has 3 aromatic rings. The summed E-state index contributed by atoms with van der Waals surface area (Å²) in [5.41, 5.74) is 5.27. The number of halogens is 1. The zero-order valence-corrected chi connectivity index (χ0v) is 17.2. The first-order chi connectivity index (χ1) is 13.0. The maximum Gasteiger partial charge on any atom is 0.255 e. The topological polar surface area (TPSA) is 40.9 Å². The van der Waals surface area contributed by atoms with E-state index in [-0.39, 0.29) is 5.91 Å². The number of fused-ring (bicyclic) bond motifs is 1. The van der Waals surface area contributed by atoms with Crippen LogP contribution in [0.2, 0.25) is 0 Å². The number of nitrogens with zero attached hydrogens (tertiary/aromatic N) is 4. The number of benzene rings is 1. The highest BCUT2D eigenvalue weighted by molar-refractivity contribution is 9.10. The fourth-order valence-corrected chi connectivity index (χ4v) is 4.09. The van der Waals surface area contributed by atoms with Crippen molar-refractivity contribution in [1.82, 2.24) is 19.2 Å². The van der Waals surface area contributed by atoms with Crippen molar-refractivity contribution in [3.63, 3.8) is 0 Å². The number of carbonyl (C=O) groups is 1. The van der Waals surface area contributed by atoms with Crippen LogP contribution in [-0.2, 0) is 6.54 Å². The monoisotopic (exact) mass is 426 g/mol. The van der Waals surface area contributed by atoms with Crippen molar-refractivity contribution in [2.45, 2.75) is 20.4 Å². The molecule has 0 bridgehead atoms. The van der Waals surface area contributed by atoms with Crippen LogP contribution in [-0.4, -0.2) is 51.3 Å². The largest absolute Gasteiger partial charge is 0.336 e. The fraction of sp³-hybridized carbons (Fsp3) is 0.333. The first kappa shape index (κ1) is 18.2. The third kappa shape index (κ3) is 3.64. The number of pyridine rings is 1. The summed E-state index contributed by atoms with van der Waals surface area (Å²) in [6.45, 7) is 8.25. The lowest BCUT2D eigenvalue weighted by molar-refractivity contribution is 0.0625. The molecule has 0 N–H and O–H groups in total. The van der Waals surface area contributed by atoms with Crippen LogP contribution in [0.3, 0.4) is 0 Å². The molecule has 0 saturated carbocycles. The Kier molecular flexibility index (Phi) is 5.02. The number of rotatable bonds is 3. The minimum absolute atomic E-state index is 0.101. The second-order valence-electron chi connectivity index (χ2n) is 7.12. The molecule has 5 nitrogen and oxygen atoms in total. The molecular formula is C21H23BrN4O. The van der Waals surface area contributed by atoms with Gasteiger partial charge in [0.2, 0.25) is 0 Å². The van der Waals surface area contributed by atoms with Gasteiger partial charge in [-0.15, -0.1) is 0 Å². The van der Waals surface area contributed by atoms with Crippen molar-refractivity contribution in [1.29, 1.82) is 0 Å². The molecule has 0 spiro atoms. The van der Waals surface area contributed by atoms with Gasteiger partial charge in [0.15, 0.2) is 0 Å². The van der Waals surface area contributed by atoms with E-state index in [1.807, 2.05) is 29.2 Å². The van der Waals surface area contributed by atoms with Gasteiger partial charge in [0, 0.05) is 43.4 Å².